The highest BCUT2D eigenvalue weighted by Gasteiger charge is 2.60. The molecule has 4 heterocycles. The van der Waals surface area contributed by atoms with Gasteiger partial charge in [0.25, 0.3) is 5.92 Å². The van der Waals surface area contributed by atoms with Crippen LogP contribution in [0.15, 0.2) is 18.5 Å². The molecule has 4 fully saturated rings. The molecule has 9 nitrogen and oxygen atoms in total. The molecule has 0 aromatic carbocycles. The van der Waals surface area contributed by atoms with Crippen molar-refractivity contribution in [1.29, 1.82) is 5.26 Å². The monoisotopic (exact) mass is 522 g/mol. The smallest absolute Gasteiger partial charge is 0.255 e. The van der Waals surface area contributed by atoms with Gasteiger partial charge in [-0.3, -0.25) is 19.4 Å². The molecule has 1 aliphatic carbocycles. The molecule has 194 valence electrons. The molecule has 2 bridgehead atoms. The lowest BCUT2D eigenvalue weighted by atomic mass is 9.71. The Bertz CT molecular complexity index is 1070. The summed E-state index contributed by atoms with van der Waals surface area (Å²) in [6.45, 7) is 2.14. The number of carbonyl (C=O) groups is 3. The predicted molar refractivity (Wildman–Crippen MR) is 127 cm³/mol. The minimum atomic E-state index is -3.11. The van der Waals surface area contributed by atoms with Crippen molar-refractivity contribution in [2.75, 3.05) is 11.9 Å². The Balaban J connectivity index is 1.52. The normalized spacial score (nSPS) is 28.4. The molecule has 3 amide bonds. The molecule has 4 aliphatic rings. The fraction of sp³-hybridized carbons (Fsp3) is 0.625. The molecule has 3 aliphatic heterocycles. The number of hydrogen-bond donors (Lipinski definition) is 3. The highest BCUT2D eigenvalue weighted by molar-refractivity contribution is 6.30. The second-order valence-corrected chi connectivity index (χ2v) is 10.2. The molecule has 1 saturated carbocycles. The van der Waals surface area contributed by atoms with Crippen molar-refractivity contribution in [3.05, 3.63) is 23.5 Å². The molecular weight excluding hydrogens is 494 g/mol. The van der Waals surface area contributed by atoms with Crippen LogP contribution in [0, 0.1) is 23.2 Å². The number of nitriles is 1. The van der Waals surface area contributed by atoms with Crippen LogP contribution in [-0.2, 0) is 14.4 Å². The largest absolute Gasteiger partial charge is 0.373 e. The fourth-order valence-corrected chi connectivity index (χ4v) is 5.77. The van der Waals surface area contributed by atoms with Gasteiger partial charge in [-0.25, -0.2) is 8.78 Å². The van der Waals surface area contributed by atoms with E-state index >= 15 is 0 Å². The maximum absolute atomic E-state index is 14.9. The molecule has 0 radical (unpaired) electrons. The Labute approximate surface area is 212 Å². The Kier molecular flexibility index (Phi) is 7.64. The number of alkyl halides is 2. The first kappa shape index (κ1) is 26.1. The topological polar surface area (TPSA) is 127 Å². The first-order valence-corrected chi connectivity index (χ1v) is 12.5. The van der Waals surface area contributed by atoms with E-state index in [1.165, 1.54) is 17.3 Å². The van der Waals surface area contributed by atoms with Crippen LogP contribution in [0.2, 0.25) is 5.02 Å². The molecule has 0 spiro atoms. The maximum Gasteiger partial charge on any atom is 0.255 e. The molecule has 5 rings (SSSR count). The number of rotatable bonds is 7. The van der Waals surface area contributed by atoms with Crippen LogP contribution in [0.3, 0.4) is 0 Å². The standard InChI is InChI=1S/C24H29ClF2N6O3/c1-13(31-17-8-15(25)11-29-12-17)23(36)33-18-4-5-19(24(26,27)9-18)20(33)22(35)32-16(10-28)7-14-3-2-6-30-21(14)34/h8,11-14,16,18-20,31H,2-7,9H2,1H3,(H,30,34)(H,32,35)/t13-,14+,16-,18+,19+,20+/m0/s1. The number of halogens is 3. The molecular formula is C24H29ClF2N6O3. The first-order chi connectivity index (χ1) is 17.1. The summed E-state index contributed by atoms with van der Waals surface area (Å²) in [4.78, 5) is 44.2. The SMILES string of the molecule is C[C@H](Nc1cncc(Cl)c1)C(=O)N1[C@@H]2CC[C@H]([C@@H]1C(=O)N[C@H](C#N)C[C@H]1CCCNC1=O)C(F)(F)C2. The molecule has 12 heteroatoms. The highest BCUT2D eigenvalue weighted by Crippen LogP contribution is 2.49. The van der Waals surface area contributed by atoms with E-state index in [0.29, 0.717) is 30.1 Å². The van der Waals surface area contributed by atoms with Gasteiger partial charge in [-0.05, 0) is 45.1 Å². The minimum absolute atomic E-state index is 0.0823. The minimum Gasteiger partial charge on any atom is -0.373 e. The number of pyridine rings is 1. The van der Waals surface area contributed by atoms with E-state index in [4.69, 9.17) is 11.6 Å². The lowest BCUT2D eigenvalue weighted by Gasteiger charge is -2.54. The lowest BCUT2D eigenvalue weighted by molar-refractivity contribution is -0.194. The Morgan fingerprint density at radius 2 is 2.14 bits per heavy atom. The zero-order valence-corrected chi connectivity index (χ0v) is 20.6. The zero-order valence-electron chi connectivity index (χ0n) is 19.8. The number of nitrogens with zero attached hydrogens (tertiary/aromatic N) is 3. The summed E-state index contributed by atoms with van der Waals surface area (Å²) in [7, 11) is 0. The summed E-state index contributed by atoms with van der Waals surface area (Å²) < 4.78 is 29.8. The van der Waals surface area contributed by atoms with Gasteiger partial charge in [0.15, 0.2) is 0 Å². The summed E-state index contributed by atoms with van der Waals surface area (Å²) in [6.07, 6.45) is 4.30. The summed E-state index contributed by atoms with van der Waals surface area (Å²) in [6, 6.07) is -0.547. The Hall–Kier alpha value is -3.00. The van der Waals surface area contributed by atoms with Crippen molar-refractivity contribution in [3.63, 3.8) is 0 Å². The highest BCUT2D eigenvalue weighted by atomic mass is 35.5. The van der Waals surface area contributed by atoms with Gasteiger partial charge < -0.3 is 20.9 Å². The number of piperidine rings is 3. The summed E-state index contributed by atoms with van der Waals surface area (Å²) in [5.74, 6) is -6.39. The number of carbonyl (C=O) groups excluding carboxylic acids is 3. The number of amides is 3. The van der Waals surface area contributed by atoms with Crippen molar-refractivity contribution >= 4 is 35.0 Å². The zero-order chi connectivity index (χ0) is 26.0. The lowest BCUT2D eigenvalue weighted by Crippen LogP contribution is -2.70. The van der Waals surface area contributed by atoms with Crippen LogP contribution in [0.5, 0.6) is 0 Å². The number of aromatic nitrogens is 1. The van der Waals surface area contributed by atoms with Gasteiger partial charge in [0, 0.05) is 31.1 Å². The van der Waals surface area contributed by atoms with Crippen LogP contribution < -0.4 is 16.0 Å². The Morgan fingerprint density at radius 3 is 2.81 bits per heavy atom. The molecule has 1 aromatic rings. The van der Waals surface area contributed by atoms with Crippen molar-refractivity contribution < 1.29 is 23.2 Å². The van der Waals surface area contributed by atoms with E-state index in [9.17, 15) is 28.4 Å². The van der Waals surface area contributed by atoms with Gasteiger partial charge in [0.2, 0.25) is 17.7 Å². The number of fused-ring (bicyclic) bond motifs is 3. The van der Waals surface area contributed by atoms with Gasteiger partial charge in [-0.2, -0.15) is 5.26 Å². The second kappa shape index (κ2) is 10.5. The second-order valence-electron chi connectivity index (χ2n) is 9.81. The van der Waals surface area contributed by atoms with Gasteiger partial charge in [-0.1, -0.05) is 11.6 Å². The Morgan fingerprint density at radius 1 is 1.36 bits per heavy atom. The van der Waals surface area contributed by atoms with Crippen LogP contribution in [0.4, 0.5) is 14.5 Å². The van der Waals surface area contributed by atoms with E-state index in [1.54, 1.807) is 13.0 Å². The van der Waals surface area contributed by atoms with Crippen molar-refractivity contribution in [1.82, 2.24) is 20.5 Å². The van der Waals surface area contributed by atoms with Gasteiger partial charge >= 0.3 is 0 Å². The van der Waals surface area contributed by atoms with Crippen molar-refractivity contribution in [3.8, 4) is 6.07 Å². The van der Waals surface area contributed by atoms with Crippen LogP contribution in [0.1, 0.15) is 45.4 Å². The maximum atomic E-state index is 14.9. The van der Waals surface area contributed by atoms with Crippen LogP contribution in [-0.4, -0.2) is 64.2 Å². The third-order valence-electron chi connectivity index (χ3n) is 7.31. The quantitative estimate of drug-likeness (QED) is 0.505. The number of nitrogens with one attached hydrogen (secondary N) is 3. The summed E-state index contributed by atoms with van der Waals surface area (Å²) in [5, 5.41) is 18.3. The molecule has 36 heavy (non-hydrogen) atoms. The van der Waals surface area contributed by atoms with E-state index in [2.05, 4.69) is 20.9 Å². The molecule has 6 atom stereocenters. The van der Waals surface area contributed by atoms with E-state index in [0.717, 1.165) is 6.42 Å². The first-order valence-electron chi connectivity index (χ1n) is 12.2. The van der Waals surface area contributed by atoms with Gasteiger partial charge in [0.1, 0.15) is 18.1 Å². The predicted octanol–water partition coefficient (Wildman–Crippen LogP) is 2.47. The van der Waals surface area contributed by atoms with Gasteiger partial charge in [0.05, 0.1) is 28.9 Å². The third-order valence-corrected chi connectivity index (χ3v) is 7.52. The average Bonchev–Trinajstić information content (AvgIpc) is 2.83. The third kappa shape index (κ3) is 5.38. The average molecular weight is 523 g/mol. The van der Waals surface area contributed by atoms with Crippen LogP contribution >= 0.6 is 11.6 Å². The van der Waals surface area contributed by atoms with E-state index in [-0.39, 0.29) is 18.7 Å². The summed E-state index contributed by atoms with van der Waals surface area (Å²) >= 11 is 5.96. The molecule has 1 aromatic heterocycles. The van der Waals surface area contributed by atoms with Crippen molar-refractivity contribution in [2.45, 2.75) is 75.5 Å². The van der Waals surface area contributed by atoms with Gasteiger partial charge in [-0.15, -0.1) is 0 Å². The summed E-state index contributed by atoms with van der Waals surface area (Å²) in [5.41, 5.74) is 0.479. The van der Waals surface area contributed by atoms with Crippen LogP contribution in [0.25, 0.3) is 0 Å². The number of hydrogen-bond acceptors (Lipinski definition) is 6. The van der Waals surface area contributed by atoms with Crippen molar-refractivity contribution in [2.24, 2.45) is 11.8 Å². The number of anilines is 1. The fourth-order valence-electron chi connectivity index (χ4n) is 5.60. The molecule has 3 saturated heterocycles. The molecule has 0 unspecified atom stereocenters. The van der Waals surface area contributed by atoms with E-state index < -0.39 is 60.2 Å². The van der Waals surface area contributed by atoms with E-state index in [1.807, 2.05) is 6.07 Å². The molecule has 3 N–H and O–H groups in total.